The average molecular weight is 469 g/mol. The molecule has 2 heteroatoms. The maximum absolute atomic E-state index is 4.58. The Morgan fingerprint density at radius 1 is 0.432 bits per heavy atom. The molecule has 7 aromatic carbocycles. The molecule has 2 aromatic heterocycles. The molecular weight excluding hydrogens is 448 g/mol. The van der Waals surface area contributed by atoms with E-state index in [0.717, 1.165) is 5.52 Å². The molecule has 170 valence electrons. The molecule has 0 fully saturated rings. The topological polar surface area (TPSA) is 17.8 Å². The van der Waals surface area contributed by atoms with E-state index in [1.165, 1.54) is 75.8 Å². The summed E-state index contributed by atoms with van der Waals surface area (Å²) >= 11 is 0. The maximum atomic E-state index is 4.58. The van der Waals surface area contributed by atoms with Crippen molar-refractivity contribution in [3.8, 4) is 5.69 Å². The highest BCUT2D eigenvalue weighted by Gasteiger charge is 2.20. The van der Waals surface area contributed by atoms with Gasteiger partial charge in [0.1, 0.15) is 0 Å². The molecule has 0 aliphatic heterocycles. The quantitative estimate of drug-likeness (QED) is 0.219. The van der Waals surface area contributed by atoms with E-state index >= 15 is 0 Å². The summed E-state index contributed by atoms with van der Waals surface area (Å²) in [6, 6.07) is 40.1. The van der Waals surface area contributed by atoms with Crippen molar-refractivity contribution in [2.45, 2.75) is 0 Å². The van der Waals surface area contributed by atoms with Gasteiger partial charge in [-0.1, -0.05) is 91.0 Å². The first-order chi connectivity index (χ1) is 18.4. The summed E-state index contributed by atoms with van der Waals surface area (Å²) in [7, 11) is 0. The number of fused-ring (bicyclic) bond motifs is 7. The Morgan fingerprint density at radius 3 is 2.05 bits per heavy atom. The summed E-state index contributed by atoms with van der Waals surface area (Å²) in [5.74, 6) is 0. The zero-order valence-electron chi connectivity index (χ0n) is 19.9. The van der Waals surface area contributed by atoms with Crippen LogP contribution in [0.2, 0.25) is 0 Å². The highest BCUT2D eigenvalue weighted by molar-refractivity contribution is 6.33. The van der Waals surface area contributed by atoms with E-state index in [4.69, 9.17) is 0 Å². The van der Waals surface area contributed by atoms with Crippen LogP contribution < -0.4 is 0 Å². The van der Waals surface area contributed by atoms with Crippen molar-refractivity contribution in [2.24, 2.45) is 0 Å². The summed E-state index contributed by atoms with van der Waals surface area (Å²) in [6.45, 7) is 0. The molecule has 2 nitrogen and oxygen atoms in total. The fourth-order valence-electron chi connectivity index (χ4n) is 6.64. The minimum Gasteiger partial charge on any atom is -0.307 e. The summed E-state index contributed by atoms with van der Waals surface area (Å²) in [5, 5.41) is 15.4. The largest absolute Gasteiger partial charge is 0.307 e. The van der Waals surface area contributed by atoms with Gasteiger partial charge in [-0.25, -0.2) is 0 Å². The molecule has 37 heavy (non-hydrogen) atoms. The van der Waals surface area contributed by atoms with E-state index in [2.05, 4.69) is 119 Å². The molecule has 9 aromatic rings. The van der Waals surface area contributed by atoms with Crippen molar-refractivity contribution in [1.82, 2.24) is 9.55 Å². The van der Waals surface area contributed by atoms with Crippen molar-refractivity contribution >= 4 is 75.7 Å². The fourth-order valence-corrected chi connectivity index (χ4v) is 6.64. The zero-order valence-corrected chi connectivity index (χ0v) is 19.9. The lowest BCUT2D eigenvalue weighted by molar-refractivity contribution is 1.19. The molecule has 0 N–H and O–H groups in total. The second-order valence-corrected chi connectivity index (χ2v) is 10.0. The second kappa shape index (κ2) is 6.83. The van der Waals surface area contributed by atoms with Crippen LogP contribution in [0.1, 0.15) is 0 Å². The maximum Gasteiger partial charge on any atom is 0.0724 e. The summed E-state index contributed by atoms with van der Waals surface area (Å²) in [6.07, 6.45) is 3.94. The monoisotopic (exact) mass is 468 g/mol. The van der Waals surface area contributed by atoms with Crippen LogP contribution in [-0.2, 0) is 0 Å². The number of rotatable bonds is 1. The number of aromatic nitrogens is 2. The molecule has 0 aliphatic rings. The Hall–Kier alpha value is -4.95. The molecular formula is C35H20N2. The first-order valence-electron chi connectivity index (χ1n) is 12.7. The van der Waals surface area contributed by atoms with E-state index in [1.807, 2.05) is 12.4 Å². The Kier molecular flexibility index (Phi) is 3.56. The van der Waals surface area contributed by atoms with Gasteiger partial charge in [-0.2, -0.15) is 0 Å². The molecule has 0 aliphatic carbocycles. The average Bonchev–Trinajstić information content (AvgIpc) is 3.29. The minimum absolute atomic E-state index is 1.13. The van der Waals surface area contributed by atoms with Crippen LogP contribution in [0.4, 0.5) is 0 Å². The molecule has 0 saturated carbocycles. The highest BCUT2D eigenvalue weighted by atomic mass is 15.0. The van der Waals surface area contributed by atoms with Crippen LogP contribution >= 0.6 is 0 Å². The Bertz CT molecular complexity index is 2340. The molecule has 0 atom stereocenters. The van der Waals surface area contributed by atoms with Gasteiger partial charge in [0.15, 0.2) is 0 Å². The third-order valence-electron chi connectivity index (χ3n) is 8.16. The van der Waals surface area contributed by atoms with Gasteiger partial charge in [-0.3, -0.25) is 4.98 Å². The minimum atomic E-state index is 1.13. The summed E-state index contributed by atoms with van der Waals surface area (Å²) < 4.78 is 2.43. The third kappa shape index (κ3) is 2.42. The van der Waals surface area contributed by atoms with Crippen molar-refractivity contribution in [3.63, 3.8) is 0 Å². The van der Waals surface area contributed by atoms with Crippen LogP contribution in [0.3, 0.4) is 0 Å². The lowest BCUT2D eigenvalue weighted by atomic mass is 9.92. The Labute approximate surface area is 212 Å². The summed E-state index contributed by atoms with van der Waals surface area (Å²) in [5.41, 5.74) is 3.54. The van der Waals surface area contributed by atoms with Crippen LogP contribution in [0, 0.1) is 0 Å². The predicted molar refractivity (Wildman–Crippen MR) is 157 cm³/mol. The van der Waals surface area contributed by atoms with E-state index in [-0.39, 0.29) is 0 Å². The van der Waals surface area contributed by atoms with Crippen LogP contribution in [-0.4, -0.2) is 9.55 Å². The normalized spacial score (nSPS) is 12.3. The van der Waals surface area contributed by atoms with Crippen molar-refractivity contribution in [3.05, 3.63) is 122 Å². The van der Waals surface area contributed by atoms with Gasteiger partial charge >= 0.3 is 0 Å². The van der Waals surface area contributed by atoms with Crippen molar-refractivity contribution in [2.75, 3.05) is 0 Å². The third-order valence-corrected chi connectivity index (χ3v) is 8.16. The molecule has 0 unspecified atom stereocenters. The van der Waals surface area contributed by atoms with E-state index in [0.29, 0.717) is 0 Å². The lowest BCUT2D eigenvalue weighted by Crippen LogP contribution is -1.97. The number of hydrogen-bond acceptors (Lipinski definition) is 1. The van der Waals surface area contributed by atoms with Gasteiger partial charge in [0.05, 0.1) is 22.9 Å². The second-order valence-electron chi connectivity index (χ2n) is 10.0. The predicted octanol–water partition coefficient (Wildman–Crippen LogP) is 9.38. The number of pyridine rings is 1. The molecule has 0 saturated heterocycles. The molecule has 0 spiro atoms. The zero-order chi connectivity index (χ0) is 24.1. The highest BCUT2D eigenvalue weighted by Crippen LogP contribution is 2.44. The standard InChI is InChI=1S/C35H20N2/c1-2-9-25-23(6-1)18-30(27-11-4-3-10-26(25)27)37-31-19-24-13-12-21-7-5-8-22-14-15-29(34(24)33(21)22)35(31)28-16-17-36-20-32(28)37/h1-20H. The first-order valence-corrected chi connectivity index (χ1v) is 12.7. The SMILES string of the molecule is c1ccc2c(c1)cc(-n1c3cnccc3c3c4ccc5cccc6ccc(cc31)c4c65)c1ccccc12. The molecule has 9 rings (SSSR count). The van der Waals surface area contributed by atoms with Crippen molar-refractivity contribution in [1.29, 1.82) is 0 Å². The van der Waals surface area contributed by atoms with Gasteiger partial charge in [-0.15, -0.1) is 0 Å². The summed E-state index contributed by atoms with van der Waals surface area (Å²) in [4.78, 5) is 4.58. The van der Waals surface area contributed by atoms with Crippen LogP contribution in [0.5, 0.6) is 0 Å². The van der Waals surface area contributed by atoms with Crippen LogP contribution in [0.15, 0.2) is 122 Å². The van der Waals surface area contributed by atoms with E-state index in [9.17, 15) is 0 Å². The van der Waals surface area contributed by atoms with Gasteiger partial charge in [0.25, 0.3) is 0 Å². The lowest BCUT2D eigenvalue weighted by Gasteiger charge is -2.15. The molecule has 2 heterocycles. The van der Waals surface area contributed by atoms with Crippen LogP contribution in [0.25, 0.3) is 81.4 Å². The molecule has 0 bridgehead atoms. The van der Waals surface area contributed by atoms with Gasteiger partial charge < -0.3 is 4.57 Å². The van der Waals surface area contributed by atoms with Gasteiger partial charge in [0, 0.05) is 22.4 Å². The molecule has 0 radical (unpaired) electrons. The smallest absolute Gasteiger partial charge is 0.0724 e. The number of nitrogens with zero attached hydrogens (tertiary/aromatic N) is 2. The van der Waals surface area contributed by atoms with Gasteiger partial charge in [-0.05, 0) is 66.7 Å². The van der Waals surface area contributed by atoms with E-state index in [1.54, 1.807) is 0 Å². The number of benzene rings is 7. The first kappa shape index (κ1) is 19.3. The Balaban J connectivity index is 1.55. The molecule has 0 amide bonds. The fraction of sp³-hybridized carbons (Fsp3) is 0. The van der Waals surface area contributed by atoms with Gasteiger partial charge in [0.2, 0.25) is 0 Å². The Morgan fingerprint density at radius 2 is 1.16 bits per heavy atom. The van der Waals surface area contributed by atoms with Crippen molar-refractivity contribution < 1.29 is 0 Å². The number of hydrogen-bond donors (Lipinski definition) is 0. The van der Waals surface area contributed by atoms with E-state index < -0.39 is 0 Å².